The van der Waals surface area contributed by atoms with E-state index in [4.69, 9.17) is 4.74 Å². The van der Waals surface area contributed by atoms with E-state index in [9.17, 15) is 4.79 Å². The highest BCUT2D eigenvalue weighted by Gasteiger charge is 2.31. The number of nitrogens with one attached hydrogen (secondary N) is 1. The lowest BCUT2D eigenvalue weighted by Crippen LogP contribution is -2.56. The first-order valence-electron chi connectivity index (χ1n) is 10.7. The quantitative estimate of drug-likeness (QED) is 0.347. The van der Waals surface area contributed by atoms with E-state index in [-0.39, 0.29) is 36.0 Å². The molecule has 1 amide bonds. The Kier molecular flexibility index (Phi) is 10.3. The summed E-state index contributed by atoms with van der Waals surface area (Å²) in [4.78, 5) is 23.5. The number of carbonyl (C=O) groups is 1. The van der Waals surface area contributed by atoms with E-state index in [1.165, 1.54) is 5.56 Å². The van der Waals surface area contributed by atoms with Gasteiger partial charge in [-0.3, -0.25) is 14.7 Å². The lowest BCUT2D eigenvalue weighted by molar-refractivity contribution is -0.142. The van der Waals surface area contributed by atoms with E-state index in [1.54, 1.807) is 0 Å². The summed E-state index contributed by atoms with van der Waals surface area (Å²) in [6.45, 7) is 7.73. The standard InChI is InChI=1S/C22H35N5O2.HI/c1-18(25(3)17-19-8-5-4-6-9-19)16-24-22(23-2)27-13-11-26(12-14-27)21(28)20-10-7-15-29-20;/h4-6,8-9,18,20H,7,10-17H2,1-3H3,(H,23,24);1H. The predicted octanol–water partition coefficient (Wildman–Crippen LogP) is 2.02. The summed E-state index contributed by atoms with van der Waals surface area (Å²) >= 11 is 0. The van der Waals surface area contributed by atoms with Gasteiger partial charge in [0.25, 0.3) is 5.91 Å². The number of piperazine rings is 1. The van der Waals surface area contributed by atoms with E-state index in [0.29, 0.717) is 12.6 Å². The highest BCUT2D eigenvalue weighted by molar-refractivity contribution is 14.0. The molecule has 2 aliphatic rings. The highest BCUT2D eigenvalue weighted by atomic mass is 127. The summed E-state index contributed by atoms with van der Waals surface area (Å²) in [5.74, 6) is 1.07. The van der Waals surface area contributed by atoms with Gasteiger partial charge in [-0.1, -0.05) is 30.3 Å². The smallest absolute Gasteiger partial charge is 0.251 e. The molecular weight excluding hydrogens is 493 g/mol. The summed E-state index contributed by atoms with van der Waals surface area (Å²) in [6.07, 6.45) is 1.63. The average molecular weight is 529 g/mol. The molecule has 0 aliphatic carbocycles. The largest absolute Gasteiger partial charge is 0.368 e. The second-order valence-corrected chi connectivity index (χ2v) is 7.99. The molecule has 3 rings (SSSR count). The van der Waals surface area contributed by atoms with Crippen LogP contribution >= 0.6 is 24.0 Å². The maximum Gasteiger partial charge on any atom is 0.251 e. The second kappa shape index (κ2) is 12.5. The van der Waals surface area contributed by atoms with Crippen LogP contribution in [0, 0.1) is 0 Å². The van der Waals surface area contributed by atoms with Gasteiger partial charge in [0.2, 0.25) is 0 Å². The van der Waals surface area contributed by atoms with Gasteiger partial charge in [0.1, 0.15) is 6.10 Å². The summed E-state index contributed by atoms with van der Waals surface area (Å²) < 4.78 is 5.55. The number of hydrogen-bond acceptors (Lipinski definition) is 4. The minimum Gasteiger partial charge on any atom is -0.368 e. The Morgan fingerprint density at radius 2 is 1.90 bits per heavy atom. The number of ether oxygens (including phenoxy) is 1. The number of guanidine groups is 1. The van der Waals surface area contributed by atoms with Crippen LogP contribution in [-0.4, -0.2) is 92.1 Å². The summed E-state index contributed by atoms with van der Waals surface area (Å²) in [7, 11) is 3.97. The van der Waals surface area contributed by atoms with Crippen molar-refractivity contribution in [3.05, 3.63) is 35.9 Å². The van der Waals surface area contributed by atoms with Crippen LogP contribution in [-0.2, 0) is 16.1 Å². The van der Waals surface area contributed by atoms with E-state index in [0.717, 1.165) is 58.1 Å². The molecule has 30 heavy (non-hydrogen) atoms. The van der Waals surface area contributed by atoms with Crippen LogP contribution in [0.4, 0.5) is 0 Å². The first-order chi connectivity index (χ1) is 14.1. The third kappa shape index (κ3) is 6.81. The average Bonchev–Trinajstić information content (AvgIpc) is 3.29. The van der Waals surface area contributed by atoms with E-state index >= 15 is 0 Å². The third-order valence-electron chi connectivity index (χ3n) is 5.89. The van der Waals surface area contributed by atoms with Gasteiger partial charge in [0, 0.05) is 59.0 Å². The van der Waals surface area contributed by atoms with Crippen LogP contribution in [0.15, 0.2) is 35.3 Å². The van der Waals surface area contributed by atoms with Crippen molar-refractivity contribution in [1.82, 2.24) is 20.0 Å². The third-order valence-corrected chi connectivity index (χ3v) is 5.89. The number of nitrogens with zero attached hydrogens (tertiary/aromatic N) is 4. The van der Waals surface area contributed by atoms with Crippen molar-refractivity contribution in [2.45, 2.75) is 38.5 Å². The Morgan fingerprint density at radius 1 is 1.23 bits per heavy atom. The zero-order chi connectivity index (χ0) is 20.6. The molecule has 8 heteroatoms. The number of aliphatic imine (C=N–C) groups is 1. The van der Waals surface area contributed by atoms with Crippen molar-refractivity contribution in [2.24, 2.45) is 4.99 Å². The number of benzene rings is 1. The zero-order valence-electron chi connectivity index (χ0n) is 18.4. The lowest BCUT2D eigenvalue weighted by Gasteiger charge is -2.37. The van der Waals surface area contributed by atoms with Crippen molar-refractivity contribution in [3.8, 4) is 0 Å². The van der Waals surface area contributed by atoms with Gasteiger partial charge in [-0.15, -0.1) is 24.0 Å². The molecule has 0 aromatic heterocycles. The van der Waals surface area contributed by atoms with Crippen LogP contribution in [0.1, 0.15) is 25.3 Å². The van der Waals surface area contributed by atoms with Crippen molar-refractivity contribution < 1.29 is 9.53 Å². The van der Waals surface area contributed by atoms with E-state index < -0.39 is 0 Å². The van der Waals surface area contributed by atoms with Crippen LogP contribution in [0.25, 0.3) is 0 Å². The number of halogens is 1. The number of amides is 1. The molecule has 2 unspecified atom stereocenters. The van der Waals surface area contributed by atoms with Crippen LogP contribution < -0.4 is 5.32 Å². The fourth-order valence-electron chi connectivity index (χ4n) is 3.87. The van der Waals surface area contributed by atoms with Crippen molar-refractivity contribution in [2.75, 3.05) is 53.4 Å². The molecular formula is C22H36IN5O2. The Labute approximate surface area is 197 Å². The van der Waals surface area contributed by atoms with E-state index in [2.05, 4.69) is 58.3 Å². The van der Waals surface area contributed by atoms with Gasteiger partial charge in [-0.2, -0.15) is 0 Å². The first kappa shape index (κ1) is 24.9. The predicted molar refractivity (Wildman–Crippen MR) is 131 cm³/mol. The topological polar surface area (TPSA) is 60.4 Å². The Morgan fingerprint density at radius 3 is 2.50 bits per heavy atom. The molecule has 2 saturated heterocycles. The molecule has 0 radical (unpaired) electrons. The van der Waals surface area contributed by atoms with E-state index in [1.807, 2.05) is 18.0 Å². The van der Waals surface area contributed by atoms with Gasteiger partial charge in [0.15, 0.2) is 5.96 Å². The van der Waals surface area contributed by atoms with Gasteiger partial charge in [-0.25, -0.2) is 0 Å². The van der Waals surface area contributed by atoms with Gasteiger partial charge in [-0.05, 0) is 32.4 Å². The van der Waals surface area contributed by atoms with Gasteiger partial charge < -0.3 is 19.9 Å². The van der Waals surface area contributed by atoms with Crippen molar-refractivity contribution in [1.29, 1.82) is 0 Å². The molecule has 2 aliphatic heterocycles. The molecule has 1 aromatic carbocycles. The minimum absolute atomic E-state index is 0. The van der Waals surface area contributed by atoms with Crippen LogP contribution in [0.3, 0.4) is 0 Å². The molecule has 2 heterocycles. The normalized spacial score (nSPS) is 20.8. The maximum absolute atomic E-state index is 12.5. The van der Waals surface area contributed by atoms with Gasteiger partial charge in [0.05, 0.1) is 0 Å². The molecule has 2 fully saturated rings. The fraction of sp³-hybridized carbons (Fsp3) is 0.636. The van der Waals surface area contributed by atoms with Crippen LogP contribution in [0.5, 0.6) is 0 Å². The van der Waals surface area contributed by atoms with Crippen molar-refractivity contribution >= 4 is 35.8 Å². The number of likely N-dealkylation sites (N-methyl/N-ethyl adjacent to an activating group) is 1. The van der Waals surface area contributed by atoms with Gasteiger partial charge >= 0.3 is 0 Å². The van der Waals surface area contributed by atoms with Crippen LogP contribution in [0.2, 0.25) is 0 Å². The summed E-state index contributed by atoms with van der Waals surface area (Å²) in [6, 6.07) is 10.9. The molecule has 7 nitrogen and oxygen atoms in total. The molecule has 168 valence electrons. The number of hydrogen-bond donors (Lipinski definition) is 1. The highest BCUT2D eigenvalue weighted by Crippen LogP contribution is 2.16. The first-order valence-corrected chi connectivity index (χ1v) is 10.7. The summed E-state index contributed by atoms with van der Waals surface area (Å²) in [5, 5.41) is 3.51. The molecule has 2 atom stereocenters. The van der Waals surface area contributed by atoms with Crippen molar-refractivity contribution in [3.63, 3.8) is 0 Å². The second-order valence-electron chi connectivity index (χ2n) is 7.99. The monoisotopic (exact) mass is 529 g/mol. The SMILES string of the molecule is CN=C(NCC(C)N(C)Cc1ccccc1)N1CCN(C(=O)C2CCCO2)CC1.I. The lowest BCUT2D eigenvalue weighted by atomic mass is 10.2. The zero-order valence-corrected chi connectivity index (χ0v) is 20.7. The molecule has 1 N–H and O–H groups in total. The number of rotatable bonds is 6. The summed E-state index contributed by atoms with van der Waals surface area (Å²) in [5.41, 5.74) is 1.32. The molecule has 0 spiro atoms. The Balaban J connectivity index is 0.00000320. The minimum atomic E-state index is -0.222. The molecule has 0 saturated carbocycles. The fourth-order valence-corrected chi connectivity index (χ4v) is 3.87. The molecule has 0 bridgehead atoms. The molecule has 1 aromatic rings. The Bertz CT molecular complexity index is 673. The number of carbonyl (C=O) groups excluding carboxylic acids is 1. The Hall–Kier alpha value is -1.39. The maximum atomic E-state index is 12.5.